The first-order valence-electron chi connectivity index (χ1n) is 6.91. The van der Waals surface area contributed by atoms with E-state index in [1.54, 1.807) is 0 Å². The Hall–Kier alpha value is -2.83. The summed E-state index contributed by atoms with van der Waals surface area (Å²) in [5, 5.41) is 17.9. The van der Waals surface area contributed by atoms with Crippen molar-refractivity contribution in [1.29, 1.82) is 0 Å². The van der Waals surface area contributed by atoms with Gasteiger partial charge in [0.15, 0.2) is 0 Å². The average molecular weight is 338 g/mol. The Balaban J connectivity index is 2.40. The molecule has 126 valence electrons. The SMILES string of the molecule is O=C(O)CC(C(=O)O)c1ccc(-c2ccccc2C(F)(F)F)cc1. The molecular formula is C17H13F3O4. The second-order valence-corrected chi connectivity index (χ2v) is 5.15. The normalized spacial score (nSPS) is 12.6. The summed E-state index contributed by atoms with van der Waals surface area (Å²) in [5.74, 6) is -3.83. The van der Waals surface area contributed by atoms with Gasteiger partial charge >= 0.3 is 18.1 Å². The quantitative estimate of drug-likeness (QED) is 0.864. The summed E-state index contributed by atoms with van der Waals surface area (Å²) in [6.45, 7) is 0. The van der Waals surface area contributed by atoms with Crippen molar-refractivity contribution in [1.82, 2.24) is 0 Å². The largest absolute Gasteiger partial charge is 0.481 e. The minimum Gasteiger partial charge on any atom is -0.481 e. The van der Waals surface area contributed by atoms with Gasteiger partial charge in [-0.05, 0) is 22.8 Å². The van der Waals surface area contributed by atoms with Crippen LogP contribution in [0, 0.1) is 0 Å². The molecule has 1 atom stereocenters. The molecule has 0 aliphatic carbocycles. The van der Waals surface area contributed by atoms with Crippen LogP contribution in [0.3, 0.4) is 0 Å². The van der Waals surface area contributed by atoms with Crippen LogP contribution < -0.4 is 0 Å². The highest BCUT2D eigenvalue weighted by atomic mass is 19.4. The van der Waals surface area contributed by atoms with E-state index in [2.05, 4.69) is 0 Å². The number of hydrogen-bond donors (Lipinski definition) is 2. The van der Waals surface area contributed by atoms with Gasteiger partial charge in [0.1, 0.15) is 0 Å². The van der Waals surface area contributed by atoms with Gasteiger partial charge in [-0.25, -0.2) is 0 Å². The topological polar surface area (TPSA) is 74.6 Å². The molecule has 0 saturated heterocycles. The molecule has 0 amide bonds. The standard InChI is InChI=1S/C17H13F3O4/c18-17(19,20)14-4-2-1-3-12(14)10-5-7-11(8-6-10)13(16(23)24)9-15(21)22/h1-8,13H,9H2,(H,21,22)(H,23,24). The minimum atomic E-state index is -4.51. The summed E-state index contributed by atoms with van der Waals surface area (Å²) in [6.07, 6.45) is -5.12. The number of hydrogen-bond acceptors (Lipinski definition) is 2. The van der Waals surface area contributed by atoms with E-state index in [1.165, 1.54) is 42.5 Å². The summed E-state index contributed by atoms with van der Waals surface area (Å²) in [4.78, 5) is 21.9. The lowest BCUT2D eigenvalue weighted by atomic mass is 9.92. The van der Waals surface area contributed by atoms with E-state index in [9.17, 15) is 22.8 Å². The lowest BCUT2D eigenvalue weighted by molar-refractivity contribution is -0.145. The predicted molar refractivity (Wildman–Crippen MR) is 79.5 cm³/mol. The fraction of sp³-hybridized carbons (Fsp3) is 0.176. The predicted octanol–water partition coefficient (Wildman–Crippen LogP) is 4.02. The second-order valence-electron chi connectivity index (χ2n) is 5.15. The van der Waals surface area contributed by atoms with E-state index in [4.69, 9.17) is 10.2 Å². The Morgan fingerprint density at radius 1 is 0.958 bits per heavy atom. The molecule has 0 fully saturated rings. The molecule has 4 nitrogen and oxygen atoms in total. The second kappa shape index (κ2) is 6.74. The Bertz CT molecular complexity index is 751. The Morgan fingerprint density at radius 3 is 2.04 bits per heavy atom. The summed E-state index contributed by atoms with van der Waals surface area (Å²) in [5.41, 5.74) is -0.330. The van der Waals surface area contributed by atoms with Gasteiger partial charge in [-0.1, -0.05) is 42.5 Å². The van der Waals surface area contributed by atoms with Gasteiger partial charge in [0.25, 0.3) is 0 Å². The van der Waals surface area contributed by atoms with Crippen LogP contribution in [-0.4, -0.2) is 22.2 Å². The number of rotatable bonds is 5. The maximum Gasteiger partial charge on any atom is 0.417 e. The smallest absolute Gasteiger partial charge is 0.417 e. The van der Waals surface area contributed by atoms with Crippen LogP contribution in [0.4, 0.5) is 13.2 Å². The molecule has 0 aliphatic heterocycles. The summed E-state index contributed by atoms with van der Waals surface area (Å²) >= 11 is 0. The van der Waals surface area contributed by atoms with Crippen molar-refractivity contribution in [3.63, 3.8) is 0 Å². The number of carbonyl (C=O) groups is 2. The van der Waals surface area contributed by atoms with Crippen molar-refractivity contribution < 1.29 is 33.0 Å². The van der Waals surface area contributed by atoms with Gasteiger partial charge in [-0.3, -0.25) is 9.59 Å². The fourth-order valence-corrected chi connectivity index (χ4v) is 2.40. The molecule has 0 radical (unpaired) electrons. The monoisotopic (exact) mass is 338 g/mol. The number of halogens is 3. The Kier molecular flexibility index (Phi) is 4.92. The molecule has 7 heteroatoms. The van der Waals surface area contributed by atoms with E-state index in [-0.39, 0.29) is 16.7 Å². The number of carboxylic acids is 2. The van der Waals surface area contributed by atoms with Crippen molar-refractivity contribution in [3.05, 3.63) is 59.7 Å². The number of aliphatic carboxylic acids is 2. The molecule has 2 aromatic carbocycles. The molecular weight excluding hydrogens is 325 g/mol. The summed E-state index contributed by atoms with van der Waals surface area (Å²) in [7, 11) is 0. The third-order valence-electron chi connectivity index (χ3n) is 3.53. The molecule has 2 aromatic rings. The summed E-state index contributed by atoms with van der Waals surface area (Å²) in [6, 6.07) is 10.4. The number of alkyl halides is 3. The maximum atomic E-state index is 13.0. The van der Waals surface area contributed by atoms with Gasteiger partial charge in [0.05, 0.1) is 17.9 Å². The van der Waals surface area contributed by atoms with Crippen molar-refractivity contribution in [2.24, 2.45) is 0 Å². The Morgan fingerprint density at radius 2 is 1.54 bits per heavy atom. The highest BCUT2D eigenvalue weighted by Gasteiger charge is 2.33. The van der Waals surface area contributed by atoms with Crippen molar-refractivity contribution in [2.45, 2.75) is 18.5 Å². The van der Waals surface area contributed by atoms with Crippen molar-refractivity contribution in [2.75, 3.05) is 0 Å². The van der Waals surface area contributed by atoms with Crippen LogP contribution >= 0.6 is 0 Å². The van der Waals surface area contributed by atoms with Gasteiger partial charge in [-0.2, -0.15) is 13.2 Å². The first-order valence-corrected chi connectivity index (χ1v) is 6.91. The molecule has 0 saturated carbocycles. The van der Waals surface area contributed by atoms with Gasteiger partial charge < -0.3 is 10.2 Å². The maximum absolute atomic E-state index is 13.0. The third-order valence-corrected chi connectivity index (χ3v) is 3.53. The molecule has 0 aliphatic rings. The highest BCUT2D eigenvalue weighted by Crippen LogP contribution is 2.37. The average Bonchev–Trinajstić information content (AvgIpc) is 2.51. The lowest BCUT2D eigenvalue weighted by Gasteiger charge is -2.14. The van der Waals surface area contributed by atoms with Crippen molar-refractivity contribution >= 4 is 11.9 Å². The minimum absolute atomic E-state index is 0.0262. The van der Waals surface area contributed by atoms with Gasteiger partial charge in [0.2, 0.25) is 0 Å². The van der Waals surface area contributed by atoms with E-state index < -0.39 is 36.0 Å². The van der Waals surface area contributed by atoms with Crippen molar-refractivity contribution in [3.8, 4) is 11.1 Å². The van der Waals surface area contributed by atoms with Crippen LogP contribution in [0.25, 0.3) is 11.1 Å². The molecule has 1 unspecified atom stereocenters. The number of benzene rings is 2. The molecule has 0 spiro atoms. The zero-order chi connectivity index (χ0) is 17.9. The van der Waals surface area contributed by atoms with E-state index >= 15 is 0 Å². The van der Waals surface area contributed by atoms with Crippen LogP contribution in [0.15, 0.2) is 48.5 Å². The third kappa shape index (κ3) is 3.92. The van der Waals surface area contributed by atoms with Gasteiger partial charge in [-0.15, -0.1) is 0 Å². The van der Waals surface area contributed by atoms with E-state index in [0.717, 1.165) is 6.07 Å². The lowest BCUT2D eigenvalue weighted by Crippen LogP contribution is -2.15. The van der Waals surface area contributed by atoms with Gasteiger partial charge in [0, 0.05) is 0 Å². The first kappa shape index (κ1) is 17.5. The molecule has 0 bridgehead atoms. The van der Waals surface area contributed by atoms with E-state index in [1.807, 2.05) is 0 Å². The number of carboxylic acid groups (broad SMARTS) is 2. The fourth-order valence-electron chi connectivity index (χ4n) is 2.40. The summed E-state index contributed by atoms with van der Waals surface area (Å²) < 4.78 is 39.1. The van der Waals surface area contributed by atoms with E-state index in [0.29, 0.717) is 0 Å². The Labute approximate surface area is 135 Å². The molecule has 24 heavy (non-hydrogen) atoms. The van der Waals surface area contributed by atoms with Crippen LogP contribution in [0.2, 0.25) is 0 Å². The molecule has 0 aromatic heterocycles. The van der Waals surface area contributed by atoms with Crippen LogP contribution in [-0.2, 0) is 15.8 Å². The molecule has 0 heterocycles. The molecule has 2 N–H and O–H groups in total. The zero-order valence-corrected chi connectivity index (χ0v) is 12.2. The zero-order valence-electron chi connectivity index (χ0n) is 12.2. The van der Waals surface area contributed by atoms with Crippen LogP contribution in [0.5, 0.6) is 0 Å². The van der Waals surface area contributed by atoms with Crippen LogP contribution in [0.1, 0.15) is 23.5 Å². The highest BCUT2D eigenvalue weighted by molar-refractivity contribution is 5.82. The first-order chi connectivity index (χ1) is 11.2. The molecule has 2 rings (SSSR count).